The average Bonchev–Trinajstić information content (AvgIpc) is 2.89. The van der Waals surface area contributed by atoms with E-state index in [0.717, 1.165) is 12.0 Å². The highest BCUT2D eigenvalue weighted by Crippen LogP contribution is 2.36. The van der Waals surface area contributed by atoms with Crippen molar-refractivity contribution in [2.75, 3.05) is 32.4 Å². The zero-order chi connectivity index (χ0) is 18.3. The number of aliphatic hydroxyl groups is 1. The van der Waals surface area contributed by atoms with E-state index in [1.54, 1.807) is 20.9 Å². The number of guanidine groups is 1. The van der Waals surface area contributed by atoms with Gasteiger partial charge in [-0.15, -0.1) is 24.0 Å². The van der Waals surface area contributed by atoms with E-state index in [9.17, 15) is 13.5 Å². The monoisotopic (exact) mass is 493 g/mol. The molecule has 2 aliphatic rings. The molecular formula is C18H28IN3O3S. The fourth-order valence-electron chi connectivity index (χ4n) is 3.73. The summed E-state index contributed by atoms with van der Waals surface area (Å²) in [6, 6.07) is 7.97. The number of aryl methyl sites for hydroxylation is 1. The Labute approximate surface area is 173 Å². The third-order valence-corrected chi connectivity index (χ3v) is 7.95. The number of hydrogen-bond acceptors (Lipinski definition) is 4. The van der Waals surface area contributed by atoms with Crippen LogP contribution in [-0.4, -0.2) is 61.6 Å². The summed E-state index contributed by atoms with van der Waals surface area (Å²) in [7, 11) is -1.41. The van der Waals surface area contributed by atoms with Crippen molar-refractivity contribution >= 4 is 39.8 Å². The van der Waals surface area contributed by atoms with E-state index < -0.39 is 20.2 Å². The van der Waals surface area contributed by atoms with Gasteiger partial charge in [0.25, 0.3) is 0 Å². The van der Waals surface area contributed by atoms with Crippen LogP contribution in [0.2, 0.25) is 0 Å². The number of sulfone groups is 1. The van der Waals surface area contributed by atoms with Gasteiger partial charge in [-0.2, -0.15) is 0 Å². The molecule has 8 heteroatoms. The molecule has 1 atom stereocenters. The number of aliphatic imine (C=N–C) groups is 1. The van der Waals surface area contributed by atoms with Gasteiger partial charge in [-0.05, 0) is 37.8 Å². The molecular weight excluding hydrogens is 465 g/mol. The predicted molar refractivity (Wildman–Crippen MR) is 115 cm³/mol. The smallest absolute Gasteiger partial charge is 0.193 e. The molecule has 0 amide bonds. The van der Waals surface area contributed by atoms with Crippen LogP contribution in [0.5, 0.6) is 0 Å². The maximum Gasteiger partial charge on any atom is 0.193 e. The molecule has 1 aliphatic carbocycles. The van der Waals surface area contributed by atoms with Gasteiger partial charge in [-0.25, -0.2) is 8.42 Å². The van der Waals surface area contributed by atoms with Gasteiger partial charge in [-0.3, -0.25) is 4.99 Å². The van der Waals surface area contributed by atoms with Gasteiger partial charge in [0.15, 0.2) is 15.8 Å². The Hall–Kier alpha value is -0.870. The molecule has 0 bridgehead atoms. The SMILES string of the molecule is CN=C(NCC1(O)CCc2ccccc21)N1CCS(=O)(=O)C(C)(C)C1.I. The van der Waals surface area contributed by atoms with Crippen molar-refractivity contribution in [3.63, 3.8) is 0 Å². The number of nitrogens with zero attached hydrogens (tertiary/aromatic N) is 2. The number of hydrogen-bond donors (Lipinski definition) is 2. The molecule has 0 saturated carbocycles. The topological polar surface area (TPSA) is 82.0 Å². The van der Waals surface area contributed by atoms with E-state index in [1.165, 1.54) is 5.56 Å². The van der Waals surface area contributed by atoms with Crippen LogP contribution in [0.1, 0.15) is 31.4 Å². The Bertz CT molecular complexity index is 795. The van der Waals surface area contributed by atoms with Crippen LogP contribution in [0.25, 0.3) is 0 Å². The first-order valence-electron chi connectivity index (χ1n) is 8.67. The van der Waals surface area contributed by atoms with Crippen molar-refractivity contribution in [3.05, 3.63) is 35.4 Å². The van der Waals surface area contributed by atoms with Gasteiger partial charge in [-0.1, -0.05) is 24.3 Å². The number of fused-ring (bicyclic) bond motifs is 1. The summed E-state index contributed by atoms with van der Waals surface area (Å²) in [5, 5.41) is 14.3. The van der Waals surface area contributed by atoms with Crippen molar-refractivity contribution in [2.45, 2.75) is 37.0 Å². The van der Waals surface area contributed by atoms with Gasteiger partial charge < -0.3 is 15.3 Å². The van der Waals surface area contributed by atoms with Gasteiger partial charge in [0.1, 0.15) is 5.60 Å². The highest BCUT2D eigenvalue weighted by molar-refractivity contribution is 14.0. The van der Waals surface area contributed by atoms with E-state index >= 15 is 0 Å². The minimum Gasteiger partial charge on any atom is -0.383 e. The van der Waals surface area contributed by atoms with Gasteiger partial charge in [0.2, 0.25) is 0 Å². The number of halogens is 1. The highest BCUT2D eigenvalue weighted by atomic mass is 127. The third kappa shape index (κ3) is 3.87. The Balaban J connectivity index is 0.00000243. The van der Waals surface area contributed by atoms with E-state index in [4.69, 9.17) is 0 Å². The maximum absolute atomic E-state index is 12.2. The standard InChI is InChI=1S/C18H27N3O3S.HI/c1-17(2)13-21(10-11-25(17,23)24)16(19-3)20-12-18(22)9-8-14-6-4-5-7-15(14)18;/h4-7,22H,8-13H2,1-3H3,(H,19,20);1H. The molecule has 0 spiro atoms. The number of nitrogens with one attached hydrogen (secondary N) is 1. The quantitative estimate of drug-likeness (QED) is 0.371. The highest BCUT2D eigenvalue weighted by Gasteiger charge is 2.42. The van der Waals surface area contributed by atoms with Crippen LogP contribution in [-0.2, 0) is 21.9 Å². The van der Waals surface area contributed by atoms with E-state index in [2.05, 4.69) is 16.4 Å². The molecule has 0 aromatic heterocycles. The molecule has 1 unspecified atom stereocenters. The lowest BCUT2D eigenvalue weighted by molar-refractivity contribution is 0.0425. The first kappa shape index (κ1) is 21.4. The lowest BCUT2D eigenvalue weighted by atomic mass is 9.96. The molecule has 6 nitrogen and oxygen atoms in total. The van der Waals surface area contributed by atoms with Crippen molar-refractivity contribution in [1.29, 1.82) is 0 Å². The molecule has 26 heavy (non-hydrogen) atoms. The molecule has 146 valence electrons. The van der Waals surface area contributed by atoms with Crippen LogP contribution in [0.4, 0.5) is 0 Å². The summed E-state index contributed by atoms with van der Waals surface area (Å²) in [6.45, 7) is 4.68. The van der Waals surface area contributed by atoms with Crippen molar-refractivity contribution < 1.29 is 13.5 Å². The third-order valence-electron chi connectivity index (χ3n) is 5.42. The first-order valence-corrected chi connectivity index (χ1v) is 10.3. The second kappa shape index (κ2) is 7.63. The van der Waals surface area contributed by atoms with E-state index in [-0.39, 0.29) is 29.7 Å². The summed E-state index contributed by atoms with van der Waals surface area (Å²) >= 11 is 0. The van der Waals surface area contributed by atoms with E-state index in [0.29, 0.717) is 32.0 Å². The van der Waals surface area contributed by atoms with Gasteiger partial charge in [0, 0.05) is 20.1 Å². The summed E-state index contributed by atoms with van der Waals surface area (Å²) in [5.74, 6) is 0.758. The van der Waals surface area contributed by atoms with E-state index in [1.807, 2.05) is 23.1 Å². The zero-order valence-corrected chi connectivity index (χ0v) is 18.7. The van der Waals surface area contributed by atoms with Crippen LogP contribution in [0.3, 0.4) is 0 Å². The second-order valence-corrected chi connectivity index (χ2v) is 10.3. The minimum absolute atomic E-state index is 0. The van der Waals surface area contributed by atoms with Gasteiger partial charge in [0.05, 0.1) is 17.0 Å². The second-order valence-electron chi connectivity index (χ2n) is 7.59. The summed E-state index contributed by atoms with van der Waals surface area (Å²) < 4.78 is 23.6. The minimum atomic E-state index is -3.09. The molecule has 1 aromatic carbocycles. The Kier molecular flexibility index (Phi) is 6.29. The normalized spacial score (nSPS) is 26.8. The Morgan fingerprint density at radius 2 is 2.04 bits per heavy atom. The Morgan fingerprint density at radius 3 is 2.69 bits per heavy atom. The van der Waals surface area contributed by atoms with Crippen molar-refractivity contribution in [1.82, 2.24) is 10.2 Å². The van der Waals surface area contributed by atoms with Crippen molar-refractivity contribution in [2.24, 2.45) is 4.99 Å². The maximum atomic E-state index is 12.2. The zero-order valence-electron chi connectivity index (χ0n) is 15.5. The Morgan fingerprint density at radius 1 is 1.35 bits per heavy atom. The molecule has 0 radical (unpaired) electrons. The molecule has 1 aromatic rings. The summed E-state index contributed by atoms with van der Waals surface area (Å²) in [4.78, 5) is 6.26. The molecule has 3 rings (SSSR count). The number of rotatable bonds is 2. The van der Waals surface area contributed by atoms with Crippen LogP contribution in [0, 0.1) is 0 Å². The molecule has 2 N–H and O–H groups in total. The number of benzene rings is 1. The predicted octanol–water partition coefficient (Wildman–Crippen LogP) is 1.52. The van der Waals surface area contributed by atoms with Crippen LogP contribution < -0.4 is 5.32 Å². The largest absolute Gasteiger partial charge is 0.383 e. The average molecular weight is 493 g/mol. The lowest BCUT2D eigenvalue weighted by Crippen LogP contribution is -2.58. The summed E-state index contributed by atoms with van der Waals surface area (Å²) in [5.41, 5.74) is 1.25. The van der Waals surface area contributed by atoms with Crippen LogP contribution in [0.15, 0.2) is 29.3 Å². The lowest BCUT2D eigenvalue weighted by Gasteiger charge is -2.39. The fourth-order valence-corrected chi connectivity index (χ4v) is 5.10. The van der Waals surface area contributed by atoms with Crippen LogP contribution >= 0.6 is 24.0 Å². The molecule has 1 fully saturated rings. The molecule has 1 aliphatic heterocycles. The summed E-state index contributed by atoms with van der Waals surface area (Å²) in [6.07, 6.45) is 1.54. The van der Waals surface area contributed by atoms with Crippen molar-refractivity contribution in [3.8, 4) is 0 Å². The molecule has 1 heterocycles. The fraction of sp³-hybridized carbons (Fsp3) is 0.611. The van der Waals surface area contributed by atoms with Gasteiger partial charge >= 0.3 is 0 Å². The molecule has 1 saturated heterocycles. The first-order chi connectivity index (χ1) is 11.7.